The largest absolute Gasteiger partial charge is 0.416 e. The van der Waals surface area contributed by atoms with Gasteiger partial charge in [-0.3, -0.25) is 4.79 Å². The Kier molecular flexibility index (Phi) is 4.88. The number of amides is 1. The second kappa shape index (κ2) is 7.15. The smallest absolute Gasteiger partial charge is 0.361 e. The first-order valence-electron chi connectivity index (χ1n) is 8.07. The van der Waals surface area contributed by atoms with Crippen LogP contribution in [0.4, 0.5) is 24.7 Å². The second-order valence-corrected chi connectivity index (χ2v) is 6.17. The van der Waals surface area contributed by atoms with Gasteiger partial charge in [-0.05, 0) is 36.4 Å². The summed E-state index contributed by atoms with van der Waals surface area (Å²) in [5.41, 5.74) is -0.614. The van der Waals surface area contributed by atoms with E-state index in [-0.39, 0.29) is 16.9 Å². The highest BCUT2D eigenvalue weighted by atomic mass is 19.4. The lowest BCUT2D eigenvalue weighted by atomic mass is 10.1. The summed E-state index contributed by atoms with van der Waals surface area (Å²) < 4.78 is 38.5. The van der Waals surface area contributed by atoms with Gasteiger partial charge in [0.2, 0.25) is 0 Å². The Morgan fingerprint density at radius 3 is 2.50 bits per heavy atom. The average Bonchev–Trinajstić information content (AvgIpc) is 2.66. The highest BCUT2D eigenvalue weighted by Gasteiger charge is 2.30. The van der Waals surface area contributed by atoms with Crippen LogP contribution in [0.3, 0.4) is 0 Å². The third-order valence-corrected chi connectivity index (χ3v) is 4.00. The molecular weight excluding hydrogens is 371 g/mol. The second-order valence-electron chi connectivity index (χ2n) is 6.17. The fourth-order valence-corrected chi connectivity index (χ4v) is 2.67. The number of nitrogens with zero attached hydrogens (tertiary/aromatic N) is 4. The molecule has 1 amide bonds. The van der Waals surface area contributed by atoms with Crippen LogP contribution in [0.25, 0.3) is 10.8 Å². The number of fused-ring (bicyclic) bond motifs is 1. The van der Waals surface area contributed by atoms with E-state index in [1.165, 1.54) is 24.3 Å². The van der Waals surface area contributed by atoms with E-state index in [1.807, 2.05) is 6.07 Å². The Morgan fingerprint density at radius 1 is 1.11 bits per heavy atom. The zero-order valence-electron chi connectivity index (χ0n) is 14.9. The highest BCUT2D eigenvalue weighted by Crippen LogP contribution is 2.31. The van der Waals surface area contributed by atoms with Gasteiger partial charge in [0.1, 0.15) is 6.07 Å². The summed E-state index contributed by atoms with van der Waals surface area (Å²) >= 11 is 0. The summed E-state index contributed by atoms with van der Waals surface area (Å²) in [6.07, 6.45) is -4.51. The summed E-state index contributed by atoms with van der Waals surface area (Å²) in [6.45, 7) is 0. The number of aromatic nitrogens is 2. The predicted octanol–water partition coefficient (Wildman–Crippen LogP) is 3.84. The molecule has 2 aromatic carbocycles. The van der Waals surface area contributed by atoms with Crippen LogP contribution in [-0.4, -0.2) is 30.2 Å². The van der Waals surface area contributed by atoms with Crippen molar-refractivity contribution >= 4 is 28.2 Å². The van der Waals surface area contributed by atoms with E-state index in [2.05, 4.69) is 15.5 Å². The lowest BCUT2D eigenvalue weighted by molar-refractivity contribution is -0.137. The zero-order valence-corrected chi connectivity index (χ0v) is 14.9. The minimum absolute atomic E-state index is 0.0160. The third-order valence-electron chi connectivity index (χ3n) is 4.00. The maximum Gasteiger partial charge on any atom is 0.416 e. The monoisotopic (exact) mass is 385 g/mol. The van der Waals surface area contributed by atoms with Gasteiger partial charge in [-0.15, -0.1) is 10.2 Å². The van der Waals surface area contributed by atoms with Gasteiger partial charge < -0.3 is 10.2 Å². The van der Waals surface area contributed by atoms with Crippen molar-refractivity contribution in [3.8, 4) is 6.07 Å². The first kappa shape index (κ1) is 19.1. The van der Waals surface area contributed by atoms with Crippen LogP contribution in [-0.2, 0) is 6.18 Å². The summed E-state index contributed by atoms with van der Waals surface area (Å²) in [5.74, 6) is -0.0767. The number of hydrogen-bond acceptors (Lipinski definition) is 5. The van der Waals surface area contributed by atoms with Crippen LogP contribution < -0.4 is 10.2 Å². The molecule has 0 aliphatic heterocycles. The standard InChI is InChI=1S/C19H14F3N5O/c1-27(2)17-14-7-6-11(8-15(14)16(10-23)25-26-17)18(28)24-13-5-3-4-12(9-13)19(20,21)22/h3-9H,1-2H3,(H,24,28). The Balaban J connectivity index is 1.98. The fraction of sp³-hybridized carbons (Fsp3) is 0.158. The van der Waals surface area contributed by atoms with Gasteiger partial charge >= 0.3 is 6.18 Å². The zero-order chi connectivity index (χ0) is 20.5. The minimum Gasteiger partial charge on any atom is -0.361 e. The van der Waals surface area contributed by atoms with Crippen molar-refractivity contribution in [3.63, 3.8) is 0 Å². The molecule has 0 unspecified atom stereocenters. The number of carbonyl (C=O) groups is 1. The molecular formula is C19H14F3N5O. The van der Waals surface area contributed by atoms with Gasteiger partial charge in [0.25, 0.3) is 5.91 Å². The summed E-state index contributed by atoms with van der Waals surface area (Å²) in [6, 6.07) is 10.9. The number of nitrogens with one attached hydrogen (secondary N) is 1. The number of benzene rings is 2. The van der Waals surface area contributed by atoms with E-state index in [4.69, 9.17) is 0 Å². The van der Waals surface area contributed by atoms with Gasteiger partial charge in [-0.25, -0.2) is 0 Å². The summed E-state index contributed by atoms with van der Waals surface area (Å²) in [7, 11) is 3.54. The molecule has 0 saturated heterocycles. The van der Waals surface area contributed by atoms with Crippen LogP contribution in [0.1, 0.15) is 21.6 Å². The Labute approximate surface area is 158 Å². The average molecular weight is 385 g/mol. The van der Waals surface area contributed by atoms with Crippen molar-refractivity contribution in [1.29, 1.82) is 5.26 Å². The summed E-state index contributed by atoms with van der Waals surface area (Å²) in [5, 5.41) is 20.6. The number of carbonyl (C=O) groups excluding carboxylic acids is 1. The maximum atomic E-state index is 12.8. The molecule has 0 spiro atoms. The quantitative estimate of drug-likeness (QED) is 0.741. The van der Waals surface area contributed by atoms with E-state index in [0.29, 0.717) is 16.6 Å². The minimum atomic E-state index is -4.51. The lowest BCUT2D eigenvalue weighted by Crippen LogP contribution is -2.14. The number of anilines is 2. The Hall–Kier alpha value is -3.67. The predicted molar refractivity (Wildman–Crippen MR) is 98.0 cm³/mol. The van der Waals surface area contributed by atoms with E-state index in [0.717, 1.165) is 12.1 Å². The van der Waals surface area contributed by atoms with E-state index < -0.39 is 17.6 Å². The number of rotatable bonds is 3. The van der Waals surface area contributed by atoms with Crippen molar-refractivity contribution in [2.24, 2.45) is 0 Å². The van der Waals surface area contributed by atoms with Gasteiger partial charge in [-0.2, -0.15) is 18.4 Å². The Morgan fingerprint density at radius 2 is 1.86 bits per heavy atom. The molecule has 6 nitrogen and oxygen atoms in total. The maximum absolute atomic E-state index is 12.8. The number of halogens is 3. The first-order chi connectivity index (χ1) is 13.2. The van der Waals surface area contributed by atoms with Crippen molar-refractivity contribution < 1.29 is 18.0 Å². The van der Waals surface area contributed by atoms with E-state index in [9.17, 15) is 23.2 Å². The molecule has 1 heterocycles. The number of alkyl halides is 3. The molecule has 0 atom stereocenters. The topological polar surface area (TPSA) is 81.9 Å². The number of hydrogen-bond donors (Lipinski definition) is 1. The molecule has 28 heavy (non-hydrogen) atoms. The molecule has 0 saturated carbocycles. The fourth-order valence-electron chi connectivity index (χ4n) is 2.67. The van der Waals surface area contributed by atoms with Gasteiger partial charge in [0.05, 0.1) is 5.56 Å². The molecule has 0 radical (unpaired) electrons. The highest BCUT2D eigenvalue weighted by molar-refractivity contribution is 6.08. The third kappa shape index (κ3) is 3.71. The SMILES string of the molecule is CN(C)c1nnc(C#N)c2cc(C(=O)Nc3cccc(C(F)(F)F)c3)ccc12. The van der Waals surface area contributed by atoms with Crippen molar-refractivity contribution in [1.82, 2.24) is 10.2 Å². The molecule has 3 aromatic rings. The van der Waals surface area contributed by atoms with Crippen molar-refractivity contribution in [2.75, 3.05) is 24.3 Å². The van der Waals surface area contributed by atoms with Crippen LogP contribution >= 0.6 is 0 Å². The molecule has 142 valence electrons. The molecule has 9 heteroatoms. The molecule has 1 N–H and O–H groups in total. The van der Waals surface area contributed by atoms with E-state index >= 15 is 0 Å². The molecule has 3 rings (SSSR count). The number of nitriles is 1. The van der Waals surface area contributed by atoms with Crippen LogP contribution in [0.2, 0.25) is 0 Å². The molecule has 1 aromatic heterocycles. The van der Waals surface area contributed by atoms with Gasteiger partial charge in [0.15, 0.2) is 11.5 Å². The van der Waals surface area contributed by atoms with Crippen molar-refractivity contribution in [2.45, 2.75) is 6.18 Å². The van der Waals surface area contributed by atoms with Crippen LogP contribution in [0.5, 0.6) is 0 Å². The van der Waals surface area contributed by atoms with Gasteiger partial charge in [0, 0.05) is 36.1 Å². The van der Waals surface area contributed by atoms with Gasteiger partial charge in [-0.1, -0.05) is 6.07 Å². The van der Waals surface area contributed by atoms with Crippen LogP contribution in [0.15, 0.2) is 42.5 Å². The Bertz CT molecular complexity index is 1100. The molecule has 0 aliphatic carbocycles. The first-order valence-corrected chi connectivity index (χ1v) is 8.07. The molecule has 0 bridgehead atoms. The van der Waals surface area contributed by atoms with Crippen LogP contribution in [0, 0.1) is 11.3 Å². The van der Waals surface area contributed by atoms with Crippen molar-refractivity contribution in [3.05, 3.63) is 59.3 Å². The molecule has 0 aliphatic rings. The summed E-state index contributed by atoms with van der Waals surface area (Å²) in [4.78, 5) is 14.2. The molecule has 0 fully saturated rings. The van der Waals surface area contributed by atoms with E-state index in [1.54, 1.807) is 25.1 Å². The normalized spacial score (nSPS) is 11.1. The lowest BCUT2D eigenvalue weighted by Gasteiger charge is -2.14.